The summed E-state index contributed by atoms with van der Waals surface area (Å²) in [7, 11) is 1.39. The molecule has 10 aromatic carbocycles. The van der Waals surface area contributed by atoms with Gasteiger partial charge in [-0.05, 0) is 370 Å². The van der Waals surface area contributed by atoms with Crippen molar-refractivity contribution in [3.05, 3.63) is 300 Å². The van der Waals surface area contributed by atoms with Crippen molar-refractivity contribution >= 4 is 295 Å². The topological polar surface area (TPSA) is 46.2 Å². The zero-order valence-corrected chi connectivity index (χ0v) is 94.2. The molecule has 0 aliphatic carbocycles. The van der Waals surface area contributed by atoms with Crippen molar-refractivity contribution in [2.24, 2.45) is 0 Å². The minimum Gasteiger partial charge on any atom is -0.494 e. The fraction of sp³-hybridized carbons (Fsp3) is 0.333. The van der Waals surface area contributed by atoms with Crippen LogP contribution in [0.2, 0.25) is 50.2 Å². The minimum absolute atomic E-state index is 0.0457. The van der Waals surface area contributed by atoms with E-state index in [0.29, 0.717) is 90.0 Å². The van der Waals surface area contributed by atoms with E-state index in [1.807, 2.05) is 107 Å². The summed E-state index contributed by atoms with van der Waals surface area (Å²) in [6.07, 6.45) is 15.6. The molecule has 0 N–H and O–H groups in total. The minimum atomic E-state index is -0.538. The summed E-state index contributed by atoms with van der Waals surface area (Å²) in [5, 5.41) is 1.40. The predicted molar refractivity (Wildman–Crippen MR) is 555 cm³/mol. The van der Waals surface area contributed by atoms with Crippen molar-refractivity contribution in [2.75, 3.05) is 33.5 Å². The van der Waals surface area contributed by atoms with Crippen LogP contribution in [0.4, 0.5) is 43.9 Å². The van der Waals surface area contributed by atoms with E-state index in [0.717, 1.165) is 109 Å². The summed E-state index contributed by atoms with van der Waals surface area (Å²) >= 11 is 84.7. The number of halogens is 30. The van der Waals surface area contributed by atoms with Gasteiger partial charge >= 0.3 is 0 Å². The van der Waals surface area contributed by atoms with Crippen LogP contribution in [0.15, 0.2) is 153 Å². The van der Waals surface area contributed by atoms with Crippen LogP contribution in [0.5, 0.6) is 28.7 Å². The van der Waals surface area contributed by atoms with Crippen LogP contribution < -0.4 is 23.7 Å². The molecule has 0 saturated heterocycles. The Morgan fingerprint density at radius 2 is 0.504 bits per heavy atom. The van der Waals surface area contributed by atoms with E-state index in [2.05, 4.69) is 132 Å². The summed E-state index contributed by atoms with van der Waals surface area (Å²) < 4.78 is 164. The van der Waals surface area contributed by atoms with E-state index < -0.39 is 29.1 Å². The largest absolute Gasteiger partial charge is 0.494 e. The Bertz CT molecular complexity index is 4600. The number of ether oxygens (including phenoxy) is 5. The molecule has 5 nitrogen and oxygen atoms in total. The normalized spacial score (nSPS) is 10.2. The van der Waals surface area contributed by atoms with Crippen molar-refractivity contribution < 1.29 is 67.6 Å². The molecule has 0 atom stereocenters. The van der Waals surface area contributed by atoms with Crippen LogP contribution in [-0.4, -0.2) is 33.5 Å². The number of hydrogen-bond acceptors (Lipinski definition) is 5. The van der Waals surface area contributed by atoms with Gasteiger partial charge in [-0.2, -0.15) is 0 Å². The monoisotopic (exact) mass is 2720 g/mol. The van der Waals surface area contributed by atoms with Crippen LogP contribution in [0, 0.1) is 75.8 Å². The summed E-state index contributed by atoms with van der Waals surface area (Å²) in [5.41, 5.74) is 3.38. The second-order valence-corrected chi connectivity index (χ2v) is 38.8. The summed E-state index contributed by atoms with van der Waals surface area (Å²) in [6.45, 7) is 19.5. The van der Waals surface area contributed by atoms with Gasteiger partial charge < -0.3 is 23.7 Å². The summed E-state index contributed by atoms with van der Waals surface area (Å²) in [6, 6.07) is 33.9. The lowest BCUT2D eigenvalue weighted by Crippen LogP contribution is -1.99. The highest BCUT2D eigenvalue weighted by Gasteiger charge is 2.18. The van der Waals surface area contributed by atoms with E-state index in [1.54, 1.807) is 112 Å². The fourth-order valence-electron chi connectivity index (χ4n) is 9.45. The number of hydrogen-bond donors (Lipinski definition) is 0. The zero-order valence-electron chi connectivity index (χ0n) is 69.1. The van der Waals surface area contributed by atoms with Gasteiger partial charge in [-0.3, -0.25) is 0 Å². The molecule has 0 aliphatic heterocycles. The van der Waals surface area contributed by atoms with Gasteiger partial charge in [0, 0.05) is 42.0 Å². The first-order valence-corrected chi connectivity index (χ1v) is 51.0. The molecule has 0 unspecified atom stereocenters. The molecule has 0 fully saturated rings. The van der Waals surface area contributed by atoms with Crippen molar-refractivity contribution in [2.45, 2.75) is 165 Å². The highest BCUT2D eigenvalue weighted by Crippen LogP contribution is 2.38. The zero-order chi connectivity index (χ0) is 94.9. The average Bonchev–Trinajstić information content (AvgIpc) is 0.835. The molecule has 10 aromatic rings. The molecule has 0 radical (unpaired) electrons. The van der Waals surface area contributed by atoms with Gasteiger partial charge in [0.15, 0.2) is 57.8 Å². The van der Waals surface area contributed by atoms with Gasteiger partial charge in [0.2, 0.25) is 0 Å². The molecule has 0 aromatic heterocycles. The first-order chi connectivity index (χ1) is 59.1. The van der Waals surface area contributed by atoms with Crippen molar-refractivity contribution in [3.63, 3.8) is 0 Å². The predicted octanol–water partition coefficient (Wildman–Crippen LogP) is 40.8. The van der Waals surface area contributed by atoms with Crippen molar-refractivity contribution in [1.29, 1.82) is 0 Å². The van der Waals surface area contributed by atoms with Gasteiger partial charge in [-0.25, -0.2) is 43.9 Å². The molecule has 0 spiro atoms. The maximum atomic E-state index is 13.6. The van der Waals surface area contributed by atoms with Crippen molar-refractivity contribution in [1.82, 2.24) is 0 Å². The van der Waals surface area contributed by atoms with E-state index in [-0.39, 0.29) is 108 Å². The molecule has 10 rings (SSSR count). The SMILES string of the molecule is CCCCCOc1ccc(Br)c(Cl)c1F.CCCCCc1ccc(Br)c(Cl)c1F.CCCCCc1ccc(I)c(Cl)c1F.CCCCOc1ccc(Br)c(Cl)c1F.CCCc1ccc(I)c(Cl)c1F.CCOc1ccc(Br)c(Cl)c1F.CCOc1ccc(I)c(Cl)c1F.CCc1ccc(Br)c(Cl)c1F.COc1ccc(Br)c(Cl)c1F.Cc1ccc(Br)c(Cl)c1F. The average molecular weight is 2740 g/mol. The Hall–Kier alpha value is -1.05. The number of methoxy groups -OCH3 is 1. The molecule has 0 aliphatic rings. The lowest BCUT2D eigenvalue weighted by atomic mass is 10.1. The number of benzene rings is 10. The van der Waals surface area contributed by atoms with Gasteiger partial charge in [0.25, 0.3) is 0 Å². The highest BCUT2D eigenvalue weighted by atomic mass is 127. The maximum absolute atomic E-state index is 13.6. The lowest BCUT2D eigenvalue weighted by molar-refractivity contribution is 0.291. The highest BCUT2D eigenvalue weighted by molar-refractivity contribution is 14.1. The Labute approximate surface area is 878 Å². The van der Waals surface area contributed by atoms with Crippen molar-refractivity contribution in [3.8, 4) is 28.7 Å². The number of unbranched alkanes of at least 4 members (excludes halogenated alkanes) is 7. The summed E-state index contributed by atoms with van der Waals surface area (Å²) in [4.78, 5) is 0. The van der Waals surface area contributed by atoms with Crippen LogP contribution in [0.1, 0.15) is 160 Å². The molecule has 0 bridgehead atoms. The number of aryl methyl sites for hydroxylation is 5. The molecule has 0 saturated carbocycles. The smallest absolute Gasteiger partial charge is 0.184 e. The van der Waals surface area contributed by atoms with E-state index >= 15 is 0 Å². The number of rotatable bonds is 25. The second kappa shape index (κ2) is 68.0. The third-order valence-corrected chi connectivity index (χ3v) is 29.8. The molecule has 0 heterocycles. The van der Waals surface area contributed by atoms with Gasteiger partial charge in [0.05, 0.1) is 83.8 Å². The Morgan fingerprint density at radius 3 is 0.848 bits per heavy atom. The van der Waals surface area contributed by atoms with E-state index in [9.17, 15) is 43.9 Å². The Morgan fingerprint density at radius 1 is 0.256 bits per heavy atom. The summed E-state index contributed by atoms with van der Waals surface area (Å²) in [5.74, 6) is -3.00. The van der Waals surface area contributed by atoms with Gasteiger partial charge in [-0.1, -0.05) is 239 Å². The molecular weight excluding hydrogens is 2650 g/mol. The standard InChI is InChI=1S/C11H13BrClFO.C11H13BrClF.C11H13ClFI.C10H11BrClFO.C9H9ClFI.C8H7BrClFO.C8H7BrClF.C8H7ClFIO.C7H5BrClFO.C7H5BrClF/c1-2-3-4-7-15-9-6-5-8(12)10(13)11(9)14;1-2-3-4-5-8-6-7-9(12)10(13)11(8)14;1-2-3-4-5-8-6-7-9(14)10(12)11(8)13;1-2-3-6-14-8-5-4-7(11)9(12)10(8)13;1-2-3-6-4-5-7(12)8(10)9(6)11;1-2-12-6-4-3-5(9)7(10)8(6)11;1-2-5-3-4-6(9)7(10)8(5)11;1-2-12-6-4-3-5(11)7(9)8(6)10;1-11-5-3-2-4(8)6(9)7(5)10;1-4-2-3-5(8)6(9)7(4)10/h5-6H,2-4,7H2,1H3;2*6-7H,2-5H2,1H3;4-5H,2-3,6H2,1H3;4-5H,2-3H2,1H3;3-4H,2H2,1H3;3-4H,2H2,1H3;3-4H,2H2,1H3;2-3H,1H3;2-3H,1H3. The second-order valence-electron chi connectivity index (χ2n) is 25.5. The molecule has 35 heteroatoms. The van der Waals surface area contributed by atoms with Crippen LogP contribution in [-0.2, 0) is 25.7 Å². The molecule has 0 amide bonds. The van der Waals surface area contributed by atoms with Crippen LogP contribution >= 0.6 is 295 Å². The fourth-order valence-corrected chi connectivity index (χ4v) is 14.6. The van der Waals surface area contributed by atoms with E-state index in [1.165, 1.54) is 19.2 Å². The van der Waals surface area contributed by atoms with Crippen LogP contribution in [0.3, 0.4) is 0 Å². The molecular formula is C90H90Br7Cl10F10I3O5. The van der Waals surface area contributed by atoms with Gasteiger partial charge in [0.1, 0.15) is 29.1 Å². The quantitative estimate of drug-likeness (QED) is 0.0247. The maximum Gasteiger partial charge on any atom is 0.184 e. The third kappa shape index (κ3) is 43.7. The molecule has 690 valence electrons. The Balaban J connectivity index is 0.000000696. The lowest BCUT2D eigenvalue weighted by Gasteiger charge is -2.08. The third-order valence-electron chi connectivity index (χ3n) is 16.3. The first-order valence-electron chi connectivity index (χ1n) is 38.4. The molecule has 125 heavy (non-hydrogen) atoms. The van der Waals surface area contributed by atoms with Gasteiger partial charge in [-0.15, -0.1) is 0 Å². The Kier molecular flexibility index (Phi) is 66.4. The first kappa shape index (κ1) is 122. The van der Waals surface area contributed by atoms with E-state index in [4.69, 9.17) is 140 Å². The van der Waals surface area contributed by atoms with Crippen LogP contribution in [0.25, 0.3) is 0 Å².